The quantitative estimate of drug-likeness (QED) is 0.272. The number of nitriles is 1. The first-order valence-electron chi connectivity index (χ1n) is 11.3. The van der Waals surface area contributed by atoms with Gasteiger partial charge in [0.2, 0.25) is 0 Å². The molecule has 1 N–H and O–H groups in total. The number of hydrogen-bond donors (Lipinski definition) is 1. The third-order valence-corrected chi connectivity index (χ3v) is 6.09. The van der Waals surface area contributed by atoms with E-state index in [0.717, 1.165) is 49.1 Å². The number of anilines is 2. The Balaban J connectivity index is 1.68. The monoisotopic (exact) mass is 517 g/mol. The van der Waals surface area contributed by atoms with Gasteiger partial charge in [0.15, 0.2) is 11.5 Å². The average molecular weight is 518 g/mol. The predicted octanol–water partition coefficient (Wildman–Crippen LogP) is 5.71. The maximum atomic E-state index is 8.78. The Kier molecular flexibility index (Phi) is 10.6. The van der Waals surface area contributed by atoms with Gasteiger partial charge in [0, 0.05) is 43.8 Å². The minimum absolute atomic E-state index is 0.453. The van der Waals surface area contributed by atoms with Crippen LogP contribution in [0.2, 0.25) is 10.0 Å². The van der Waals surface area contributed by atoms with Crippen LogP contribution in [-0.4, -0.2) is 61.9 Å². The summed E-state index contributed by atoms with van der Waals surface area (Å²) in [6.07, 6.45) is 3.72. The number of halogens is 2. The second kappa shape index (κ2) is 13.9. The van der Waals surface area contributed by atoms with Crippen molar-refractivity contribution in [2.75, 3.05) is 52.4 Å². The Morgan fingerprint density at radius 3 is 2.54 bits per heavy atom. The van der Waals surface area contributed by atoms with Gasteiger partial charge >= 0.3 is 0 Å². The molecule has 0 radical (unpaired) electrons. The number of rotatable bonds is 14. The molecule has 186 valence electrons. The third-order valence-electron chi connectivity index (χ3n) is 5.35. The molecule has 0 aliphatic carbocycles. The van der Waals surface area contributed by atoms with E-state index in [4.69, 9.17) is 42.7 Å². The largest absolute Gasteiger partial charge is 0.493 e. The molecule has 0 saturated heterocycles. The normalized spacial score (nSPS) is 11.0. The minimum atomic E-state index is 0.453. The van der Waals surface area contributed by atoms with Gasteiger partial charge in [0.1, 0.15) is 12.1 Å². The molecule has 8 nitrogen and oxygen atoms in total. The zero-order chi connectivity index (χ0) is 25.0. The molecular formula is C25H29Cl2N5O3. The Morgan fingerprint density at radius 2 is 1.80 bits per heavy atom. The van der Waals surface area contributed by atoms with Crippen molar-refractivity contribution >= 4 is 45.6 Å². The zero-order valence-corrected chi connectivity index (χ0v) is 21.4. The molecule has 0 bridgehead atoms. The highest BCUT2D eigenvalue weighted by Crippen LogP contribution is 2.35. The predicted molar refractivity (Wildman–Crippen MR) is 139 cm³/mol. The van der Waals surface area contributed by atoms with E-state index >= 15 is 0 Å². The molecule has 0 atom stereocenters. The number of benzene rings is 2. The van der Waals surface area contributed by atoms with Gasteiger partial charge in [0.05, 0.1) is 42.0 Å². The van der Waals surface area contributed by atoms with E-state index in [1.165, 1.54) is 6.33 Å². The zero-order valence-electron chi connectivity index (χ0n) is 19.9. The van der Waals surface area contributed by atoms with Crippen LogP contribution < -0.4 is 14.8 Å². The molecule has 0 aliphatic rings. The highest BCUT2D eigenvalue weighted by Gasteiger charge is 2.13. The fraction of sp³-hybridized carbons (Fsp3) is 0.400. The summed E-state index contributed by atoms with van der Waals surface area (Å²) in [4.78, 5) is 11.1. The topological polar surface area (TPSA) is 92.5 Å². The molecule has 0 saturated carbocycles. The standard InChI is InChI=1S/C25H29Cl2N5O3/c1-33-13-11-32(9-4-3-8-28)10-5-12-35-24-16-22-19(15-23(24)34-2)25(30-17-29-22)31-18-6-7-20(26)21(27)14-18/h6-7,14-17H,3-5,9-13H2,1-2H3,(H,29,30,31). The van der Waals surface area contributed by atoms with Crippen LogP contribution >= 0.6 is 23.2 Å². The van der Waals surface area contributed by atoms with Crippen molar-refractivity contribution in [3.05, 3.63) is 46.7 Å². The summed E-state index contributed by atoms with van der Waals surface area (Å²) in [5, 5.41) is 13.8. The van der Waals surface area contributed by atoms with Gasteiger partial charge < -0.3 is 24.4 Å². The Hall–Kier alpha value is -2.83. The Morgan fingerprint density at radius 1 is 0.971 bits per heavy atom. The van der Waals surface area contributed by atoms with Crippen molar-refractivity contribution in [1.29, 1.82) is 5.26 Å². The van der Waals surface area contributed by atoms with Crippen molar-refractivity contribution in [2.45, 2.75) is 19.3 Å². The minimum Gasteiger partial charge on any atom is -0.493 e. The maximum absolute atomic E-state index is 8.78. The molecule has 1 heterocycles. The van der Waals surface area contributed by atoms with Gasteiger partial charge in [-0.1, -0.05) is 23.2 Å². The van der Waals surface area contributed by atoms with Crippen LogP contribution in [-0.2, 0) is 4.74 Å². The van der Waals surface area contributed by atoms with Crippen LogP contribution in [0.3, 0.4) is 0 Å². The number of nitrogens with zero attached hydrogens (tertiary/aromatic N) is 4. The highest BCUT2D eigenvalue weighted by atomic mass is 35.5. The van der Waals surface area contributed by atoms with Crippen LogP contribution in [0.15, 0.2) is 36.7 Å². The first-order valence-corrected chi connectivity index (χ1v) is 12.1. The number of aromatic nitrogens is 2. The lowest BCUT2D eigenvalue weighted by Crippen LogP contribution is -2.30. The van der Waals surface area contributed by atoms with Gasteiger partial charge in [-0.25, -0.2) is 9.97 Å². The van der Waals surface area contributed by atoms with Crippen LogP contribution in [0, 0.1) is 11.3 Å². The van der Waals surface area contributed by atoms with Gasteiger partial charge in [-0.05, 0) is 43.7 Å². The molecule has 0 aliphatic heterocycles. The van der Waals surface area contributed by atoms with Gasteiger partial charge in [-0.2, -0.15) is 5.26 Å². The van der Waals surface area contributed by atoms with E-state index in [2.05, 4.69) is 26.3 Å². The summed E-state index contributed by atoms with van der Waals surface area (Å²) in [7, 11) is 3.29. The number of methoxy groups -OCH3 is 2. The summed E-state index contributed by atoms with van der Waals surface area (Å²) in [6.45, 7) is 3.71. The third kappa shape index (κ3) is 7.84. The van der Waals surface area contributed by atoms with E-state index < -0.39 is 0 Å². The Bertz CT molecular complexity index is 1160. The van der Waals surface area contributed by atoms with Crippen LogP contribution in [0.25, 0.3) is 10.9 Å². The van der Waals surface area contributed by atoms with E-state index in [9.17, 15) is 0 Å². The lowest BCUT2D eigenvalue weighted by molar-refractivity contribution is 0.141. The molecular weight excluding hydrogens is 489 g/mol. The summed E-state index contributed by atoms with van der Waals surface area (Å²) in [6, 6.07) is 11.2. The van der Waals surface area contributed by atoms with Gasteiger partial charge in [-0.3, -0.25) is 0 Å². The molecule has 0 fully saturated rings. The highest BCUT2D eigenvalue weighted by molar-refractivity contribution is 6.42. The lowest BCUT2D eigenvalue weighted by atomic mass is 10.2. The van der Waals surface area contributed by atoms with Crippen molar-refractivity contribution in [3.8, 4) is 17.6 Å². The maximum Gasteiger partial charge on any atom is 0.163 e. The van der Waals surface area contributed by atoms with Crippen LogP contribution in [0.1, 0.15) is 19.3 Å². The smallest absolute Gasteiger partial charge is 0.163 e. The first-order chi connectivity index (χ1) is 17.0. The number of ether oxygens (including phenoxy) is 3. The fourth-order valence-electron chi connectivity index (χ4n) is 3.55. The first kappa shape index (κ1) is 26.8. The van der Waals surface area contributed by atoms with E-state index in [1.807, 2.05) is 18.2 Å². The van der Waals surface area contributed by atoms with E-state index in [-0.39, 0.29) is 0 Å². The van der Waals surface area contributed by atoms with Crippen molar-refractivity contribution in [2.24, 2.45) is 0 Å². The van der Waals surface area contributed by atoms with Gasteiger partial charge in [0.25, 0.3) is 0 Å². The molecule has 35 heavy (non-hydrogen) atoms. The Labute approximate surface area is 215 Å². The molecule has 3 rings (SSSR count). The number of fused-ring (bicyclic) bond motifs is 1. The summed E-state index contributed by atoms with van der Waals surface area (Å²) in [5.41, 5.74) is 1.48. The van der Waals surface area contributed by atoms with Crippen molar-refractivity contribution < 1.29 is 14.2 Å². The lowest BCUT2D eigenvalue weighted by Gasteiger charge is -2.21. The average Bonchev–Trinajstić information content (AvgIpc) is 2.86. The van der Waals surface area contributed by atoms with E-state index in [0.29, 0.717) is 47.0 Å². The number of hydrogen-bond acceptors (Lipinski definition) is 8. The van der Waals surface area contributed by atoms with Crippen LogP contribution in [0.4, 0.5) is 11.5 Å². The molecule has 10 heteroatoms. The molecule has 0 spiro atoms. The summed E-state index contributed by atoms with van der Waals surface area (Å²) in [5.74, 6) is 1.83. The number of unbranched alkanes of at least 4 members (excludes halogenated alkanes) is 1. The van der Waals surface area contributed by atoms with E-state index in [1.54, 1.807) is 26.4 Å². The van der Waals surface area contributed by atoms with Gasteiger partial charge in [-0.15, -0.1) is 0 Å². The molecule has 1 aromatic heterocycles. The van der Waals surface area contributed by atoms with Crippen molar-refractivity contribution in [1.82, 2.24) is 14.9 Å². The molecule has 0 amide bonds. The SMILES string of the molecule is COCCN(CCCC#N)CCCOc1cc2ncnc(Nc3ccc(Cl)c(Cl)c3)c2cc1OC. The summed E-state index contributed by atoms with van der Waals surface area (Å²) < 4.78 is 16.8. The molecule has 0 unspecified atom stereocenters. The molecule has 2 aromatic carbocycles. The molecule has 3 aromatic rings. The second-order valence-corrected chi connectivity index (χ2v) is 8.61. The summed E-state index contributed by atoms with van der Waals surface area (Å²) >= 11 is 12.2. The second-order valence-electron chi connectivity index (χ2n) is 7.79. The number of nitrogens with one attached hydrogen (secondary N) is 1. The van der Waals surface area contributed by atoms with Crippen LogP contribution in [0.5, 0.6) is 11.5 Å². The van der Waals surface area contributed by atoms with Crippen molar-refractivity contribution in [3.63, 3.8) is 0 Å². The fourth-order valence-corrected chi connectivity index (χ4v) is 3.85.